The van der Waals surface area contributed by atoms with Crippen molar-refractivity contribution < 1.29 is 31.1 Å². The average molecular weight is 337 g/mol. The molecule has 1 aromatic carbocycles. The molecule has 0 aliphatic rings. The summed E-state index contributed by atoms with van der Waals surface area (Å²) in [6.45, 7) is 0. The molecule has 23 heavy (non-hydrogen) atoms. The quantitative estimate of drug-likeness (QED) is 0.855. The van der Waals surface area contributed by atoms with Crippen LogP contribution >= 0.6 is 0 Å². The summed E-state index contributed by atoms with van der Waals surface area (Å²) in [6.07, 6.45) is -15.8. The molecule has 122 valence electrons. The molecule has 2 aromatic rings. The Morgan fingerprint density at radius 1 is 1.17 bits per heavy atom. The second kappa shape index (κ2) is 5.45. The van der Waals surface area contributed by atoms with Crippen LogP contribution < -0.4 is 10.3 Å². The molecule has 0 saturated heterocycles. The van der Waals surface area contributed by atoms with E-state index in [0.29, 0.717) is 0 Å². The van der Waals surface area contributed by atoms with E-state index in [-0.39, 0.29) is 16.6 Å². The van der Waals surface area contributed by atoms with Gasteiger partial charge in [-0.1, -0.05) is 0 Å². The van der Waals surface area contributed by atoms with Crippen LogP contribution in [0.2, 0.25) is 0 Å². The number of H-pyrrole nitrogens is 1. The van der Waals surface area contributed by atoms with E-state index in [1.807, 2.05) is 4.98 Å². The highest BCUT2D eigenvalue weighted by Crippen LogP contribution is 2.35. The monoisotopic (exact) mass is 337 g/mol. The summed E-state index contributed by atoms with van der Waals surface area (Å²) in [5.41, 5.74) is -1.48. The third-order valence-corrected chi connectivity index (χ3v) is 2.62. The SMILES string of the molecule is N#Cc1ccc2[nH]c(=O)c(OC(C(F)(F)F)C(F)(F)F)nc2c1. The van der Waals surface area contributed by atoms with Crippen LogP contribution in [0.3, 0.4) is 0 Å². The van der Waals surface area contributed by atoms with Gasteiger partial charge in [0.2, 0.25) is 0 Å². The van der Waals surface area contributed by atoms with Gasteiger partial charge in [0.1, 0.15) is 0 Å². The Balaban J connectivity index is 2.52. The molecule has 1 N–H and O–H groups in total. The van der Waals surface area contributed by atoms with Crippen molar-refractivity contribution in [3.8, 4) is 11.9 Å². The topological polar surface area (TPSA) is 78.8 Å². The number of halogens is 6. The molecular weight excluding hydrogens is 332 g/mol. The highest BCUT2D eigenvalue weighted by molar-refractivity contribution is 5.76. The van der Waals surface area contributed by atoms with Crippen molar-refractivity contribution in [3.05, 3.63) is 34.1 Å². The van der Waals surface area contributed by atoms with Gasteiger partial charge in [-0.3, -0.25) is 4.79 Å². The fourth-order valence-electron chi connectivity index (χ4n) is 1.65. The molecular formula is C12H5F6N3O2. The Labute approximate surface area is 123 Å². The van der Waals surface area contributed by atoms with Crippen molar-refractivity contribution in [2.75, 3.05) is 0 Å². The number of ether oxygens (including phenoxy) is 1. The Hall–Kier alpha value is -2.77. The van der Waals surface area contributed by atoms with E-state index < -0.39 is 29.9 Å². The van der Waals surface area contributed by atoms with Gasteiger partial charge < -0.3 is 9.72 Å². The average Bonchev–Trinajstić information content (AvgIpc) is 2.41. The normalized spacial score (nSPS) is 12.4. The van der Waals surface area contributed by atoms with Gasteiger partial charge in [-0.15, -0.1) is 0 Å². The largest absolute Gasteiger partial charge is 0.451 e. The number of hydrogen-bond donors (Lipinski definition) is 1. The number of nitrogens with zero attached hydrogens (tertiary/aromatic N) is 2. The van der Waals surface area contributed by atoms with Crippen LogP contribution in [0.15, 0.2) is 23.0 Å². The van der Waals surface area contributed by atoms with Crippen molar-refractivity contribution in [2.24, 2.45) is 0 Å². The maximum atomic E-state index is 12.4. The molecule has 0 spiro atoms. The van der Waals surface area contributed by atoms with Crippen LogP contribution in [-0.4, -0.2) is 28.4 Å². The minimum atomic E-state index is -5.78. The zero-order valence-corrected chi connectivity index (χ0v) is 10.8. The predicted molar refractivity (Wildman–Crippen MR) is 63.6 cm³/mol. The first-order chi connectivity index (χ1) is 10.5. The van der Waals surface area contributed by atoms with Crippen molar-refractivity contribution in [1.82, 2.24) is 9.97 Å². The summed E-state index contributed by atoms with van der Waals surface area (Å²) in [5.74, 6) is -1.40. The Kier molecular flexibility index (Phi) is 3.94. The fraction of sp³-hybridized carbons (Fsp3) is 0.250. The highest BCUT2D eigenvalue weighted by Gasteiger charge is 2.59. The van der Waals surface area contributed by atoms with Crippen molar-refractivity contribution in [3.63, 3.8) is 0 Å². The number of aromatic nitrogens is 2. The lowest BCUT2D eigenvalue weighted by atomic mass is 10.2. The first-order valence-electron chi connectivity index (χ1n) is 5.76. The van der Waals surface area contributed by atoms with Crippen LogP contribution in [0.5, 0.6) is 5.88 Å². The minimum absolute atomic E-state index is 0.0249. The molecule has 1 heterocycles. The summed E-state index contributed by atoms with van der Waals surface area (Å²) in [7, 11) is 0. The minimum Gasteiger partial charge on any atom is -0.451 e. The Morgan fingerprint density at radius 3 is 2.30 bits per heavy atom. The predicted octanol–water partition coefficient (Wildman–Crippen LogP) is 2.67. The first kappa shape index (κ1) is 16.6. The van der Waals surface area contributed by atoms with Crippen LogP contribution in [0.4, 0.5) is 26.3 Å². The molecule has 0 amide bonds. The molecule has 5 nitrogen and oxygen atoms in total. The van der Waals surface area contributed by atoms with E-state index in [1.54, 1.807) is 6.07 Å². The van der Waals surface area contributed by atoms with Crippen LogP contribution in [0.25, 0.3) is 11.0 Å². The molecule has 2 rings (SSSR count). The summed E-state index contributed by atoms with van der Waals surface area (Å²) in [5, 5.41) is 8.70. The molecule has 0 radical (unpaired) electrons. The summed E-state index contributed by atoms with van der Waals surface area (Å²) < 4.78 is 78.4. The van der Waals surface area contributed by atoms with E-state index in [1.165, 1.54) is 12.1 Å². The molecule has 0 bridgehead atoms. The lowest BCUT2D eigenvalue weighted by molar-refractivity contribution is -0.300. The number of rotatable bonds is 2. The molecule has 0 aliphatic heterocycles. The smallest absolute Gasteiger partial charge is 0.434 e. The summed E-state index contributed by atoms with van der Waals surface area (Å²) in [4.78, 5) is 16.9. The maximum absolute atomic E-state index is 12.4. The molecule has 0 saturated carbocycles. The van der Waals surface area contributed by atoms with E-state index >= 15 is 0 Å². The summed E-state index contributed by atoms with van der Waals surface area (Å²) in [6, 6.07) is 5.31. The van der Waals surface area contributed by atoms with Crippen molar-refractivity contribution in [2.45, 2.75) is 18.5 Å². The van der Waals surface area contributed by atoms with E-state index in [0.717, 1.165) is 6.07 Å². The first-order valence-corrected chi connectivity index (χ1v) is 5.76. The molecule has 1 aromatic heterocycles. The molecule has 0 unspecified atom stereocenters. The van der Waals surface area contributed by atoms with E-state index in [9.17, 15) is 31.1 Å². The van der Waals surface area contributed by atoms with Gasteiger partial charge in [0.25, 0.3) is 12.0 Å². The second-order valence-electron chi connectivity index (χ2n) is 4.30. The van der Waals surface area contributed by atoms with Gasteiger partial charge in [-0.2, -0.15) is 31.6 Å². The molecule has 0 fully saturated rings. The number of alkyl halides is 6. The Morgan fingerprint density at radius 2 is 1.78 bits per heavy atom. The number of aromatic amines is 1. The van der Waals surface area contributed by atoms with Crippen LogP contribution in [0.1, 0.15) is 5.56 Å². The number of benzene rings is 1. The Bertz CT molecular complexity index is 820. The van der Waals surface area contributed by atoms with Crippen LogP contribution in [-0.2, 0) is 0 Å². The maximum Gasteiger partial charge on any atom is 0.434 e. The summed E-state index contributed by atoms with van der Waals surface area (Å²) >= 11 is 0. The number of nitrogens with one attached hydrogen (secondary N) is 1. The van der Waals surface area contributed by atoms with Crippen molar-refractivity contribution in [1.29, 1.82) is 5.26 Å². The number of hydrogen-bond acceptors (Lipinski definition) is 4. The van der Waals surface area contributed by atoms with Gasteiger partial charge in [-0.25, -0.2) is 4.98 Å². The number of nitriles is 1. The van der Waals surface area contributed by atoms with Gasteiger partial charge in [0, 0.05) is 0 Å². The lowest BCUT2D eigenvalue weighted by Gasteiger charge is -2.22. The highest BCUT2D eigenvalue weighted by atomic mass is 19.4. The molecule has 0 atom stereocenters. The van der Waals surface area contributed by atoms with Gasteiger partial charge >= 0.3 is 17.9 Å². The third kappa shape index (κ3) is 3.53. The van der Waals surface area contributed by atoms with Gasteiger partial charge in [0.05, 0.1) is 22.7 Å². The van der Waals surface area contributed by atoms with Gasteiger partial charge in [-0.05, 0) is 18.2 Å². The van der Waals surface area contributed by atoms with E-state index in [2.05, 4.69) is 9.72 Å². The van der Waals surface area contributed by atoms with Gasteiger partial charge in [0.15, 0.2) is 0 Å². The van der Waals surface area contributed by atoms with Crippen LogP contribution in [0, 0.1) is 11.3 Å². The fourth-order valence-corrected chi connectivity index (χ4v) is 1.65. The zero-order valence-electron chi connectivity index (χ0n) is 10.8. The molecule has 0 aliphatic carbocycles. The lowest BCUT2D eigenvalue weighted by Crippen LogP contribution is -2.47. The zero-order chi connectivity index (χ0) is 17.4. The standard InChI is InChI=1S/C12H5F6N3O2/c13-11(14,15)10(12(16,17)18)23-9-8(22)20-6-2-1-5(4-19)3-7(6)21-9/h1-3,10H,(H,20,22). The van der Waals surface area contributed by atoms with E-state index in [4.69, 9.17) is 5.26 Å². The second-order valence-corrected chi connectivity index (χ2v) is 4.30. The van der Waals surface area contributed by atoms with Crippen molar-refractivity contribution >= 4 is 11.0 Å². The molecule has 11 heteroatoms. The third-order valence-electron chi connectivity index (χ3n) is 2.62. The number of fused-ring (bicyclic) bond motifs is 1.